The minimum absolute atomic E-state index is 0.151. The minimum Gasteiger partial charge on any atom is -0.325 e. The molecule has 0 bridgehead atoms. The summed E-state index contributed by atoms with van der Waals surface area (Å²) in [5, 5.41) is 2.78. The van der Waals surface area contributed by atoms with Crippen LogP contribution >= 0.6 is 0 Å². The largest absolute Gasteiger partial charge is 0.325 e. The number of hydrogen-bond acceptors (Lipinski definition) is 3. The molecule has 2 aromatic rings. The van der Waals surface area contributed by atoms with E-state index in [1.165, 1.54) is 16.4 Å². The van der Waals surface area contributed by atoms with E-state index in [1.807, 2.05) is 32.0 Å². The maximum Gasteiger partial charge on any atom is 0.282 e. The predicted molar refractivity (Wildman–Crippen MR) is 102 cm³/mol. The van der Waals surface area contributed by atoms with E-state index < -0.39 is 10.2 Å². The number of hydrogen-bond donors (Lipinski definition) is 1. The van der Waals surface area contributed by atoms with Crippen LogP contribution in [0.25, 0.3) is 0 Å². The average molecular weight is 391 g/mol. The lowest BCUT2D eigenvalue weighted by Crippen LogP contribution is -2.37. The van der Waals surface area contributed by atoms with Gasteiger partial charge >= 0.3 is 0 Å². The zero-order valence-electron chi connectivity index (χ0n) is 15.3. The van der Waals surface area contributed by atoms with Gasteiger partial charge in [0.05, 0.1) is 6.54 Å². The van der Waals surface area contributed by atoms with Crippen molar-refractivity contribution in [2.24, 2.45) is 0 Å². The zero-order chi connectivity index (χ0) is 19.6. The van der Waals surface area contributed by atoms with Gasteiger partial charge in [0.1, 0.15) is 5.82 Å². The fraction of sp³-hybridized carbons (Fsp3) is 0.316. The van der Waals surface area contributed by atoms with Crippen LogP contribution in [-0.4, -0.2) is 42.6 Å². The van der Waals surface area contributed by atoms with Gasteiger partial charge in [-0.2, -0.15) is 17.0 Å². The Morgan fingerprint density at radius 2 is 1.74 bits per heavy atom. The van der Waals surface area contributed by atoms with E-state index in [0.717, 1.165) is 15.4 Å². The van der Waals surface area contributed by atoms with Crippen molar-refractivity contribution in [3.05, 3.63) is 65.0 Å². The molecular weight excluding hydrogens is 369 g/mol. The van der Waals surface area contributed by atoms with Crippen LogP contribution in [0.15, 0.2) is 42.5 Å². The Bertz CT molecular complexity index is 945. The van der Waals surface area contributed by atoms with Crippen molar-refractivity contribution in [1.29, 1.82) is 0 Å². The number of aryl methyl sites for hydroxylation is 2. The number of amides is 1. The smallest absolute Gasteiger partial charge is 0.282 e. The van der Waals surface area contributed by atoms with Gasteiger partial charge in [-0.3, -0.25) is 4.79 Å². The second kappa shape index (κ2) is 7.75. The molecular formula is C19H22FN3O3S. The number of halogens is 1. The van der Waals surface area contributed by atoms with Gasteiger partial charge in [-0.1, -0.05) is 24.3 Å². The number of carbonyl (C=O) groups excluding carboxylic acids is 1. The summed E-state index contributed by atoms with van der Waals surface area (Å²) in [6.07, 6.45) is 0. The summed E-state index contributed by atoms with van der Waals surface area (Å²) in [6.45, 7) is 4.24. The Morgan fingerprint density at radius 1 is 1.07 bits per heavy atom. The molecule has 144 valence electrons. The Morgan fingerprint density at radius 3 is 2.44 bits per heavy atom. The molecule has 1 heterocycles. The standard InChI is InChI=1S/C19H22FN3O3S/c1-14-3-4-15(2)18(11-14)21-19(24)13-23-10-9-22(27(23,25)26)12-16-5-7-17(20)8-6-16/h3-8,11H,9-10,12-13H2,1-2H3,(H,21,24). The molecule has 0 atom stereocenters. The van der Waals surface area contributed by atoms with Crippen molar-refractivity contribution in [2.75, 3.05) is 25.0 Å². The van der Waals surface area contributed by atoms with Crippen LogP contribution in [0, 0.1) is 19.7 Å². The summed E-state index contributed by atoms with van der Waals surface area (Å²) in [5.74, 6) is -0.747. The molecule has 0 aliphatic carbocycles. The van der Waals surface area contributed by atoms with E-state index in [4.69, 9.17) is 0 Å². The van der Waals surface area contributed by atoms with Crippen LogP contribution in [-0.2, 0) is 21.5 Å². The molecule has 0 spiro atoms. The molecule has 1 amide bonds. The van der Waals surface area contributed by atoms with Crippen LogP contribution < -0.4 is 5.32 Å². The van der Waals surface area contributed by atoms with Gasteiger partial charge < -0.3 is 5.32 Å². The number of rotatable bonds is 5. The third-order valence-corrected chi connectivity index (χ3v) is 6.44. The number of benzene rings is 2. The van der Waals surface area contributed by atoms with Crippen molar-refractivity contribution in [3.63, 3.8) is 0 Å². The highest BCUT2D eigenvalue weighted by molar-refractivity contribution is 7.87. The molecule has 1 aliphatic heterocycles. The number of nitrogens with one attached hydrogen (secondary N) is 1. The van der Waals surface area contributed by atoms with Gasteiger partial charge in [0.25, 0.3) is 10.2 Å². The van der Waals surface area contributed by atoms with Gasteiger partial charge in [-0.15, -0.1) is 0 Å². The quantitative estimate of drug-likeness (QED) is 0.851. The van der Waals surface area contributed by atoms with Crippen molar-refractivity contribution in [2.45, 2.75) is 20.4 Å². The van der Waals surface area contributed by atoms with Gasteiger partial charge in [0.15, 0.2) is 0 Å². The van der Waals surface area contributed by atoms with Crippen LogP contribution in [0.5, 0.6) is 0 Å². The molecule has 6 nitrogen and oxygen atoms in total. The van der Waals surface area contributed by atoms with Crippen molar-refractivity contribution >= 4 is 21.8 Å². The second-order valence-corrected chi connectivity index (χ2v) is 8.60. The average Bonchev–Trinajstić information content (AvgIpc) is 2.87. The van der Waals surface area contributed by atoms with E-state index in [-0.39, 0.29) is 37.9 Å². The second-order valence-electron chi connectivity index (χ2n) is 6.67. The van der Waals surface area contributed by atoms with E-state index in [9.17, 15) is 17.6 Å². The summed E-state index contributed by atoms with van der Waals surface area (Å²) in [6, 6.07) is 11.4. The molecule has 0 unspecified atom stereocenters. The summed E-state index contributed by atoms with van der Waals surface area (Å²) in [5.41, 5.74) is 3.30. The fourth-order valence-corrected chi connectivity index (χ4v) is 4.50. The molecule has 1 aliphatic rings. The van der Waals surface area contributed by atoms with Gasteiger partial charge in [-0.05, 0) is 48.7 Å². The third kappa shape index (κ3) is 4.52. The Hall–Kier alpha value is -2.29. The molecule has 0 saturated carbocycles. The molecule has 1 saturated heterocycles. The summed E-state index contributed by atoms with van der Waals surface area (Å²) >= 11 is 0. The van der Waals surface area contributed by atoms with Crippen molar-refractivity contribution in [3.8, 4) is 0 Å². The van der Waals surface area contributed by atoms with Crippen LogP contribution in [0.4, 0.5) is 10.1 Å². The highest BCUT2D eigenvalue weighted by atomic mass is 32.2. The number of carbonyl (C=O) groups is 1. The lowest BCUT2D eigenvalue weighted by atomic mass is 10.1. The first kappa shape index (κ1) is 19.5. The van der Waals surface area contributed by atoms with Crippen molar-refractivity contribution in [1.82, 2.24) is 8.61 Å². The lowest BCUT2D eigenvalue weighted by molar-refractivity contribution is -0.116. The summed E-state index contributed by atoms with van der Waals surface area (Å²) < 4.78 is 40.8. The number of nitrogens with zero attached hydrogens (tertiary/aromatic N) is 2. The molecule has 3 rings (SSSR count). The Labute approximate surface area is 158 Å². The normalized spacial score (nSPS) is 17.1. The SMILES string of the molecule is Cc1ccc(C)c(NC(=O)CN2CCN(Cc3ccc(F)cc3)S2(=O)=O)c1. The van der Waals surface area contributed by atoms with Gasteiger partial charge in [0, 0.05) is 25.3 Å². The van der Waals surface area contributed by atoms with E-state index in [1.54, 1.807) is 12.1 Å². The highest BCUT2D eigenvalue weighted by Crippen LogP contribution is 2.21. The topological polar surface area (TPSA) is 69.7 Å². The maximum atomic E-state index is 13.0. The third-order valence-electron chi connectivity index (χ3n) is 4.51. The molecule has 0 radical (unpaired) electrons. The van der Waals surface area contributed by atoms with Gasteiger partial charge in [-0.25, -0.2) is 4.39 Å². The monoisotopic (exact) mass is 391 g/mol. The van der Waals surface area contributed by atoms with E-state index >= 15 is 0 Å². The van der Waals surface area contributed by atoms with Crippen LogP contribution in [0.1, 0.15) is 16.7 Å². The Kier molecular flexibility index (Phi) is 5.59. The molecule has 27 heavy (non-hydrogen) atoms. The molecule has 1 fully saturated rings. The minimum atomic E-state index is -3.73. The molecule has 0 aromatic heterocycles. The van der Waals surface area contributed by atoms with E-state index in [0.29, 0.717) is 11.3 Å². The summed E-state index contributed by atoms with van der Waals surface area (Å²) in [7, 11) is -3.73. The van der Waals surface area contributed by atoms with E-state index in [2.05, 4.69) is 5.32 Å². The molecule has 8 heteroatoms. The van der Waals surface area contributed by atoms with Crippen LogP contribution in [0.3, 0.4) is 0 Å². The van der Waals surface area contributed by atoms with Gasteiger partial charge in [0.2, 0.25) is 5.91 Å². The van der Waals surface area contributed by atoms with Crippen molar-refractivity contribution < 1.29 is 17.6 Å². The summed E-state index contributed by atoms with van der Waals surface area (Å²) in [4.78, 5) is 12.3. The first-order valence-electron chi connectivity index (χ1n) is 8.62. The lowest BCUT2D eigenvalue weighted by Gasteiger charge is -2.19. The Balaban J connectivity index is 1.64. The first-order chi connectivity index (χ1) is 12.8. The molecule has 2 aromatic carbocycles. The predicted octanol–water partition coefficient (Wildman–Crippen LogP) is 2.44. The number of anilines is 1. The first-order valence-corrected chi connectivity index (χ1v) is 10.0. The molecule has 1 N–H and O–H groups in total. The van der Waals surface area contributed by atoms with Crippen LogP contribution in [0.2, 0.25) is 0 Å². The maximum absolute atomic E-state index is 13.0. The fourth-order valence-electron chi connectivity index (χ4n) is 2.95. The highest BCUT2D eigenvalue weighted by Gasteiger charge is 2.37. The zero-order valence-corrected chi connectivity index (χ0v) is 16.1.